The van der Waals surface area contributed by atoms with Crippen LogP contribution in [0.4, 0.5) is 11.4 Å². The number of nitro groups is 1. The molecule has 0 aliphatic rings. The number of anilines is 1. The van der Waals surface area contributed by atoms with E-state index in [1.54, 1.807) is 25.4 Å². The lowest BCUT2D eigenvalue weighted by atomic mass is 10.1. The molecule has 122 valence electrons. The van der Waals surface area contributed by atoms with E-state index >= 15 is 0 Å². The van der Waals surface area contributed by atoms with E-state index in [0.29, 0.717) is 18.0 Å². The Kier molecular flexibility index (Phi) is 5.00. The average Bonchev–Trinajstić information content (AvgIpc) is 2.54. The minimum absolute atomic E-state index is 0.0407. The second kappa shape index (κ2) is 6.95. The van der Waals surface area contributed by atoms with Crippen LogP contribution in [0.3, 0.4) is 0 Å². The van der Waals surface area contributed by atoms with Crippen LogP contribution in [0.1, 0.15) is 16.8 Å². The van der Waals surface area contributed by atoms with Crippen LogP contribution in [-0.4, -0.2) is 24.1 Å². The molecule has 0 amide bonds. The van der Waals surface area contributed by atoms with Crippen molar-refractivity contribution in [3.05, 3.63) is 51.3 Å². The Morgan fingerprint density at radius 2 is 2.00 bits per heavy atom. The first-order valence-corrected chi connectivity index (χ1v) is 7.03. The van der Waals surface area contributed by atoms with Crippen molar-refractivity contribution >= 4 is 11.4 Å². The van der Waals surface area contributed by atoms with Crippen LogP contribution in [0.5, 0.6) is 11.5 Å². The number of methoxy groups -OCH3 is 2. The van der Waals surface area contributed by atoms with E-state index in [9.17, 15) is 10.1 Å². The second-order valence-electron chi connectivity index (χ2n) is 5.04. The van der Waals surface area contributed by atoms with Crippen molar-refractivity contribution in [2.45, 2.75) is 20.4 Å². The summed E-state index contributed by atoms with van der Waals surface area (Å²) in [6.07, 6.45) is 1.73. The van der Waals surface area contributed by atoms with Gasteiger partial charge in [0.1, 0.15) is 17.2 Å². The first-order chi connectivity index (χ1) is 11.0. The molecule has 0 atom stereocenters. The number of nitrogens with one attached hydrogen (secondary N) is 1. The molecule has 2 aromatic rings. The summed E-state index contributed by atoms with van der Waals surface area (Å²) in [6.45, 7) is 4.19. The Morgan fingerprint density at radius 1 is 1.26 bits per heavy atom. The summed E-state index contributed by atoms with van der Waals surface area (Å²) in [5, 5.41) is 14.2. The van der Waals surface area contributed by atoms with Crippen molar-refractivity contribution in [1.29, 1.82) is 0 Å². The van der Waals surface area contributed by atoms with E-state index in [1.807, 2.05) is 13.8 Å². The molecule has 0 radical (unpaired) electrons. The van der Waals surface area contributed by atoms with Crippen LogP contribution < -0.4 is 14.8 Å². The zero-order chi connectivity index (χ0) is 17.0. The topological polar surface area (TPSA) is 86.5 Å². The van der Waals surface area contributed by atoms with Gasteiger partial charge in [-0.3, -0.25) is 15.1 Å². The SMILES string of the molecule is COc1ccc(NCc2ncc(C)c(OC)c2C)c([N+](=O)[O-])c1. The third kappa shape index (κ3) is 3.50. The van der Waals surface area contributed by atoms with E-state index in [-0.39, 0.29) is 5.69 Å². The van der Waals surface area contributed by atoms with Crippen molar-refractivity contribution in [2.24, 2.45) is 0 Å². The molecular formula is C16H19N3O4. The molecule has 0 saturated heterocycles. The molecule has 0 aliphatic heterocycles. The summed E-state index contributed by atoms with van der Waals surface area (Å²) >= 11 is 0. The van der Waals surface area contributed by atoms with Gasteiger partial charge in [0.2, 0.25) is 0 Å². The molecule has 0 saturated carbocycles. The van der Waals surface area contributed by atoms with Crippen molar-refractivity contribution in [1.82, 2.24) is 4.98 Å². The van der Waals surface area contributed by atoms with E-state index < -0.39 is 4.92 Å². The Morgan fingerprint density at radius 3 is 2.61 bits per heavy atom. The third-order valence-electron chi connectivity index (χ3n) is 3.60. The van der Waals surface area contributed by atoms with Crippen LogP contribution in [0.15, 0.2) is 24.4 Å². The number of hydrogen-bond donors (Lipinski definition) is 1. The summed E-state index contributed by atoms with van der Waals surface area (Å²) in [4.78, 5) is 15.1. The van der Waals surface area contributed by atoms with E-state index in [0.717, 1.165) is 22.6 Å². The van der Waals surface area contributed by atoms with Gasteiger partial charge in [-0.2, -0.15) is 0 Å². The zero-order valence-electron chi connectivity index (χ0n) is 13.5. The Hall–Kier alpha value is -2.83. The summed E-state index contributed by atoms with van der Waals surface area (Å²) < 4.78 is 10.4. The number of nitrogens with zero attached hydrogens (tertiary/aromatic N) is 2. The summed E-state index contributed by atoms with van der Waals surface area (Å²) in [6, 6.07) is 4.68. The molecule has 1 aromatic carbocycles. The summed E-state index contributed by atoms with van der Waals surface area (Å²) in [5.74, 6) is 1.22. The lowest BCUT2D eigenvalue weighted by Crippen LogP contribution is -2.07. The largest absolute Gasteiger partial charge is 0.496 e. The fourth-order valence-corrected chi connectivity index (χ4v) is 2.37. The maximum atomic E-state index is 11.2. The predicted molar refractivity (Wildman–Crippen MR) is 87.2 cm³/mol. The van der Waals surface area contributed by atoms with Crippen molar-refractivity contribution < 1.29 is 14.4 Å². The summed E-state index contributed by atoms with van der Waals surface area (Å²) in [5.41, 5.74) is 3.01. The van der Waals surface area contributed by atoms with Crippen LogP contribution >= 0.6 is 0 Å². The van der Waals surface area contributed by atoms with Gasteiger partial charge in [-0.05, 0) is 26.0 Å². The molecule has 0 fully saturated rings. The number of benzene rings is 1. The van der Waals surface area contributed by atoms with Gasteiger partial charge in [0.25, 0.3) is 5.69 Å². The molecule has 0 bridgehead atoms. The molecule has 7 nitrogen and oxygen atoms in total. The van der Waals surface area contributed by atoms with Crippen molar-refractivity contribution in [3.8, 4) is 11.5 Å². The second-order valence-corrected chi connectivity index (χ2v) is 5.04. The van der Waals surface area contributed by atoms with Crippen LogP contribution in [-0.2, 0) is 6.54 Å². The molecular weight excluding hydrogens is 298 g/mol. The molecule has 7 heteroatoms. The Bertz CT molecular complexity index is 732. The fourth-order valence-electron chi connectivity index (χ4n) is 2.37. The number of aryl methyl sites for hydroxylation is 1. The molecule has 0 aliphatic carbocycles. The van der Waals surface area contributed by atoms with Gasteiger partial charge >= 0.3 is 0 Å². The van der Waals surface area contributed by atoms with Gasteiger partial charge in [-0.15, -0.1) is 0 Å². The van der Waals surface area contributed by atoms with Crippen molar-refractivity contribution in [3.63, 3.8) is 0 Å². The minimum Gasteiger partial charge on any atom is -0.496 e. The molecule has 23 heavy (non-hydrogen) atoms. The quantitative estimate of drug-likeness (QED) is 0.650. The molecule has 2 rings (SSSR count). The van der Waals surface area contributed by atoms with Gasteiger partial charge in [0, 0.05) is 17.3 Å². The fraction of sp³-hybridized carbons (Fsp3) is 0.312. The minimum atomic E-state index is -0.444. The van der Waals surface area contributed by atoms with Crippen molar-refractivity contribution in [2.75, 3.05) is 19.5 Å². The average molecular weight is 317 g/mol. The highest BCUT2D eigenvalue weighted by molar-refractivity contribution is 5.64. The van der Waals surface area contributed by atoms with Crippen LogP contribution in [0, 0.1) is 24.0 Å². The third-order valence-corrected chi connectivity index (χ3v) is 3.60. The predicted octanol–water partition coefficient (Wildman–Crippen LogP) is 3.24. The lowest BCUT2D eigenvalue weighted by Gasteiger charge is -2.13. The van der Waals surface area contributed by atoms with Gasteiger partial charge in [-0.1, -0.05) is 0 Å². The van der Waals surface area contributed by atoms with Gasteiger partial charge in [0.05, 0.1) is 37.4 Å². The van der Waals surface area contributed by atoms with Gasteiger partial charge in [-0.25, -0.2) is 0 Å². The normalized spacial score (nSPS) is 10.3. The lowest BCUT2D eigenvalue weighted by molar-refractivity contribution is -0.384. The highest BCUT2D eigenvalue weighted by atomic mass is 16.6. The molecule has 0 unspecified atom stereocenters. The molecule has 0 spiro atoms. The highest BCUT2D eigenvalue weighted by Gasteiger charge is 2.16. The van der Waals surface area contributed by atoms with Crippen LogP contribution in [0.2, 0.25) is 0 Å². The molecule has 1 N–H and O–H groups in total. The summed E-state index contributed by atoms with van der Waals surface area (Å²) in [7, 11) is 3.08. The monoisotopic (exact) mass is 317 g/mol. The smallest absolute Gasteiger partial charge is 0.296 e. The molecule has 1 aromatic heterocycles. The zero-order valence-corrected chi connectivity index (χ0v) is 13.5. The van der Waals surface area contributed by atoms with E-state index in [2.05, 4.69) is 10.3 Å². The number of aromatic nitrogens is 1. The Balaban J connectivity index is 2.26. The Labute approximate surface area is 134 Å². The van der Waals surface area contributed by atoms with Gasteiger partial charge < -0.3 is 14.8 Å². The highest BCUT2D eigenvalue weighted by Crippen LogP contribution is 2.30. The first kappa shape index (κ1) is 16.5. The number of pyridine rings is 1. The maximum Gasteiger partial charge on any atom is 0.296 e. The maximum absolute atomic E-state index is 11.2. The number of rotatable bonds is 6. The number of ether oxygens (including phenoxy) is 2. The molecule has 1 heterocycles. The van der Waals surface area contributed by atoms with Gasteiger partial charge in [0.15, 0.2) is 0 Å². The van der Waals surface area contributed by atoms with Crippen LogP contribution in [0.25, 0.3) is 0 Å². The number of hydrogen-bond acceptors (Lipinski definition) is 6. The first-order valence-electron chi connectivity index (χ1n) is 7.03. The standard InChI is InChI=1S/C16H19N3O4/c1-10-8-17-14(11(2)16(10)23-4)9-18-13-6-5-12(22-3)7-15(13)19(20)21/h5-8,18H,9H2,1-4H3. The number of nitro benzene ring substituents is 1. The van der Waals surface area contributed by atoms with E-state index in [1.165, 1.54) is 13.2 Å². The van der Waals surface area contributed by atoms with E-state index in [4.69, 9.17) is 9.47 Å².